The maximum atomic E-state index is 12.8. The van der Waals surface area contributed by atoms with Gasteiger partial charge in [0.05, 0.1) is 23.9 Å². The maximum Gasteiger partial charge on any atom is 0.271 e. The van der Waals surface area contributed by atoms with Gasteiger partial charge in [-0.25, -0.2) is 13.4 Å². The Hall–Kier alpha value is -2.32. The molecule has 148 valence electrons. The highest BCUT2D eigenvalue weighted by Crippen LogP contribution is 2.38. The van der Waals surface area contributed by atoms with E-state index in [1.165, 1.54) is 20.0 Å². The number of nitrogens with zero attached hydrogens (tertiary/aromatic N) is 1. The Morgan fingerprint density at radius 3 is 2.75 bits per heavy atom. The van der Waals surface area contributed by atoms with E-state index in [0.717, 1.165) is 40.5 Å². The van der Waals surface area contributed by atoms with E-state index >= 15 is 0 Å². The highest BCUT2D eigenvalue weighted by molar-refractivity contribution is 7.94. The normalized spacial score (nSPS) is 15.1. The highest BCUT2D eigenvalue weighted by atomic mass is 32.2. The standard InChI is InChI=1S/C20H22N2O4S2/c1-13-7-8-16(25-2)15(11-13)22-28(23,24)19-10-9-18(27-19)17-12-21-20(26-17)14-5-3-4-6-14/h7-12,14,22H,3-6H2,1-2H3. The van der Waals surface area contributed by atoms with Gasteiger partial charge in [-0.3, -0.25) is 4.72 Å². The van der Waals surface area contributed by atoms with E-state index in [0.29, 0.717) is 23.1 Å². The van der Waals surface area contributed by atoms with E-state index in [1.807, 2.05) is 13.0 Å². The van der Waals surface area contributed by atoms with Crippen molar-refractivity contribution in [3.05, 3.63) is 48.0 Å². The number of aromatic nitrogens is 1. The lowest BCUT2D eigenvalue weighted by Gasteiger charge is -2.11. The van der Waals surface area contributed by atoms with Crippen LogP contribution >= 0.6 is 11.3 Å². The predicted molar refractivity (Wildman–Crippen MR) is 110 cm³/mol. The molecule has 28 heavy (non-hydrogen) atoms. The van der Waals surface area contributed by atoms with Gasteiger partial charge in [0.2, 0.25) is 0 Å². The van der Waals surface area contributed by atoms with Crippen molar-refractivity contribution in [2.45, 2.75) is 42.7 Å². The topological polar surface area (TPSA) is 81.4 Å². The molecule has 0 atom stereocenters. The third-order valence-corrected chi connectivity index (χ3v) is 7.87. The van der Waals surface area contributed by atoms with Crippen molar-refractivity contribution in [2.75, 3.05) is 11.8 Å². The minimum absolute atomic E-state index is 0.213. The zero-order chi connectivity index (χ0) is 19.7. The fraction of sp³-hybridized carbons (Fsp3) is 0.350. The van der Waals surface area contributed by atoms with Crippen LogP contribution in [-0.4, -0.2) is 20.5 Å². The molecule has 0 spiro atoms. The molecule has 0 radical (unpaired) electrons. The molecule has 0 unspecified atom stereocenters. The summed E-state index contributed by atoms with van der Waals surface area (Å²) in [7, 11) is -2.22. The lowest BCUT2D eigenvalue weighted by molar-refractivity contribution is 0.417. The molecule has 2 aromatic heterocycles. The van der Waals surface area contributed by atoms with Gasteiger partial charge in [-0.05, 0) is 49.6 Å². The average Bonchev–Trinajstić information content (AvgIpc) is 3.40. The largest absolute Gasteiger partial charge is 0.495 e. The second-order valence-corrected chi connectivity index (χ2v) is 9.97. The van der Waals surface area contributed by atoms with E-state index in [1.54, 1.807) is 30.5 Å². The van der Waals surface area contributed by atoms with Crippen LogP contribution in [0.2, 0.25) is 0 Å². The van der Waals surface area contributed by atoms with Gasteiger partial charge in [0.15, 0.2) is 11.7 Å². The number of benzene rings is 1. The number of methoxy groups -OCH3 is 1. The Kier molecular flexibility index (Phi) is 5.16. The van der Waals surface area contributed by atoms with Crippen LogP contribution in [0.4, 0.5) is 5.69 Å². The number of hydrogen-bond acceptors (Lipinski definition) is 6. The molecular weight excluding hydrogens is 396 g/mol. The van der Waals surface area contributed by atoms with Gasteiger partial charge < -0.3 is 9.15 Å². The minimum atomic E-state index is -3.73. The zero-order valence-electron chi connectivity index (χ0n) is 15.8. The van der Waals surface area contributed by atoms with Crippen LogP contribution in [0, 0.1) is 6.92 Å². The van der Waals surface area contributed by atoms with Crippen LogP contribution in [0.25, 0.3) is 10.6 Å². The number of hydrogen-bond donors (Lipinski definition) is 1. The summed E-state index contributed by atoms with van der Waals surface area (Å²) in [6.45, 7) is 1.90. The van der Waals surface area contributed by atoms with Crippen LogP contribution < -0.4 is 9.46 Å². The molecule has 0 aliphatic heterocycles. The average molecular weight is 419 g/mol. The van der Waals surface area contributed by atoms with Gasteiger partial charge in [0.25, 0.3) is 10.0 Å². The highest BCUT2D eigenvalue weighted by Gasteiger charge is 2.24. The van der Waals surface area contributed by atoms with Crippen molar-refractivity contribution < 1.29 is 17.6 Å². The van der Waals surface area contributed by atoms with Crippen molar-refractivity contribution in [1.82, 2.24) is 4.98 Å². The summed E-state index contributed by atoms with van der Waals surface area (Å²) >= 11 is 1.16. The lowest BCUT2D eigenvalue weighted by atomic mass is 10.1. The Balaban J connectivity index is 1.57. The number of sulfonamides is 1. The van der Waals surface area contributed by atoms with E-state index in [-0.39, 0.29) is 4.21 Å². The van der Waals surface area contributed by atoms with E-state index in [9.17, 15) is 8.42 Å². The SMILES string of the molecule is COc1ccc(C)cc1NS(=O)(=O)c1ccc(-c2cnc(C3CCCC3)o2)s1. The van der Waals surface area contributed by atoms with Gasteiger partial charge in [-0.15, -0.1) is 11.3 Å². The Bertz CT molecular complexity index is 1080. The number of nitrogens with one attached hydrogen (secondary N) is 1. The first kappa shape index (κ1) is 19.0. The van der Waals surface area contributed by atoms with Gasteiger partial charge in [0.1, 0.15) is 9.96 Å². The molecule has 0 amide bonds. The summed E-state index contributed by atoms with van der Waals surface area (Å²) in [5, 5.41) is 0. The van der Waals surface area contributed by atoms with Crippen molar-refractivity contribution in [1.29, 1.82) is 0 Å². The molecule has 8 heteroatoms. The predicted octanol–water partition coefficient (Wildman–Crippen LogP) is 5.18. The molecule has 1 fully saturated rings. The van der Waals surface area contributed by atoms with Gasteiger partial charge in [-0.1, -0.05) is 18.9 Å². The van der Waals surface area contributed by atoms with Crippen LogP contribution in [-0.2, 0) is 10.0 Å². The molecule has 2 heterocycles. The fourth-order valence-corrected chi connectivity index (χ4v) is 5.77. The molecule has 1 N–H and O–H groups in total. The summed E-state index contributed by atoms with van der Waals surface area (Å²) in [4.78, 5) is 5.15. The summed E-state index contributed by atoms with van der Waals surface area (Å²) in [5.74, 6) is 2.23. The molecular formula is C20H22N2O4S2. The van der Waals surface area contributed by atoms with Crippen molar-refractivity contribution in [3.63, 3.8) is 0 Å². The smallest absolute Gasteiger partial charge is 0.271 e. The number of anilines is 1. The quantitative estimate of drug-likeness (QED) is 0.597. The van der Waals surface area contributed by atoms with Crippen molar-refractivity contribution in [3.8, 4) is 16.4 Å². The molecule has 1 saturated carbocycles. The lowest BCUT2D eigenvalue weighted by Crippen LogP contribution is -2.12. The fourth-order valence-electron chi connectivity index (χ4n) is 3.46. The van der Waals surface area contributed by atoms with Crippen molar-refractivity contribution in [2.24, 2.45) is 0 Å². The Morgan fingerprint density at radius 2 is 2.00 bits per heavy atom. The Labute approximate surface area is 168 Å². The number of oxazole rings is 1. The second-order valence-electron chi connectivity index (χ2n) is 6.97. The molecule has 1 aliphatic rings. The van der Waals surface area contributed by atoms with Gasteiger partial charge in [0, 0.05) is 5.92 Å². The number of rotatable bonds is 6. The zero-order valence-corrected chi connectivity index (χ0v) is 17.4. The minimum Gasteiger partial charge on any atom is -0.495 e. The van der Waals surface area contributed by atoms with Crippen LogP contribution in [0.1, 0.15) is 43.1 Å². The molecule has 0 bridgehead atoms. The molecule has 0 saturated heterocycles. The van der Waals surface area contributed by atoms with Crippen LogP contribution in [0.3, 0.4) is 0 Å². The van der Waals surface area contributed by atoms with E-state index in [2.05, 4.69) is 9.71 Å². The summed E-state index contributed by atoms with van der Waals surface area (Å²) in [6.07, 6.45) is 6.31. The van der Waals surface area contributed by atoms with E-state index < -0.39 is 10.0 Å². The van der Waals surface area contributed by atoms with Gasteiger partial charge in [-0.2, -0.15) is 0 Å². The van der Waals surface area contributed by atoms with Gasteiger partial charge >= 0.3 is 0 Å². The number of aryl methyl sites for hydroxylation is 1. The Morgan fingerprint density at radius 1 is 1.21 bits per heavy atom. The van der Waals surface area contributed by atoms with E-state index in [4.69, 9.17) is 9.15 Å². The summed E-state index contributed by atoms with van der Waals surface area (Å²) in [5.41, 5.74) is 1.35. The second kappa shape index (κ2) is 7.60. The molecule has 1 aromatic carbocycles. The number of ether oxygens (including phenoxy) is 1. The van der Waals surface area contributed by atoms with Crippen molar-refractivity contribution >= 4 is 27.0 Å². The molecule has 1 aliphatic carbocycles. The summed E-state index contributed by atoms with van der Waals surface area (Å²) in [6, 6.07) is 8.70. The first-order valence-corrected chi connectivity index (χ1v) is 11.5. The molecule has 3 aromatic rings. The molecule has 4 rings (SSSR count). The maximum absolute atomic E-state index is 12.8. The third kappa shape index (κ3) is 3.79. The van der Waals surface area contributed by atoms with Crippen LogP contribution in [0.15, 0.2) is 45.2 Å². The first-order valence-electron chi connectivity index (χ1n) is 9.19. The first-order chi connectivity index (χ1) is 13.5. The third-order valence-electron chi connectivity index (χ3n) is 4.92. The monoisotopic (exact) mass is 418 g/mol. The molecule has 6 nitrogen and oxygen atoms in total. The summed E-state index contributed by atoms with van der Waals surface area (Å²) < 4.78 is 39.7. The number of thiophene rings is 1. The van der Waals surface area contributed by atoms with Crippen LogP contribution in [0.5, 0.6) is 5.75 Å².